The van der Waals surface area contributed by atoms with Crippen molar-refractivity contribution in [2.24, 2.45) is 5.92 Å². The molecule has 0 N–H and O–H groups in total. The molecule has 0 saturated heterocycles. The summed E-state index contributed by atoms with van der Waals surface area (Å²) in [6, 6.07) is 16.4. The van der Waals surface area contributed by atoms with Gasteiger partial charge in [0, 0.05) is 0 Å². The summed E-state index contributed by atoms with van der Waals surface area (Å²) in [7, 11) is 0. The van der Waals surface area contributed by atoms with Gasteiger partial charge in [0.1, 0.15) is 5.75 Å². The highest BCUT2D eigenvalue weighted by atomic mass is 16.5. The second-order valence-electron chi connectivity index (χ2n) is 6.77. The van der Waals surface area contributed by atoms with Crippen molar-refractivity contribution in [3.05, 3.63) is 65.2 Å². The van der Waals surface area contributed by atoms with Crippen LogP contribution in [-0.2, 0) is 0 Å². The number of carbonyl (C=O) groups is 1. The van der Waals surface area contributed by atoms with Crippen LogP contribution in [0.2, 0.25) is 0 Å². The summed E-state index contributed by atoms with van der Waals surface area (Å²) < 4.78 is 5.37. The third-order valence-electron chi connectivity index (χ3n) is 5.24. The Morgan fingerprint density at radius 3 is 2.24 bits per heavy atom. The van der Waals surface area contributed by atoms with E-state index in [2.05, 4.69) is 19.1 Å². The third kappa shape index (κ3) is 4.28. The molecule has 0 atom stereocenters. The lowest BCUT2D eigenvalue weighted by Gasteiger charge is -2.28. The molecule has 3 heteroatoms. The highest BCUT2D eigenvalue weighted by Crippen LogP contribution is 2.36. The first-order valence-corrected chi connectivity index (χ1v) is 9.02. The highest BCUT2D eigenvalue weighted by molar-refractivity contribution is 5.91. The molecular weight excluding hydrogens is 310 g/mol. The number of ether oxygens (including phenoxy) is 1. The number of hydrogen-bond donors (Lipinski definition) is 0. The first kappa shape index (κ1) is 17.2. The molecule has 2 aromatic rings. The predicted molar refractivity (Wildman–Crippen MR) is 97.5 cm³/mol. The Balaban J connectivity index is 1.61. The van der Waals surface area contributed by atoms with Crippen molar-refractivity contribution < 1.29 is 9.53 Å². The molecule has 1 saturated carbocycles. The van der Waals surface area contributed by atoms with E-state index in [9.17, 15) is 4.79 Å². The van der Waals surface area contributed by atoms with E-state index in [1.807, 2.05) is 18.2 Å². The number of hydrogen-bond acceptors (Lipinski definition) is 3. The van der Waals surface area contributed by atoms with Crippen LogP contribution in [0, 0.1) is 17.2 Å². The number of nitrogens with zero attached hydrogens (tertiary/aromatic N) is 1. The Morgan fingerprint density at radius 2 is 1.68 bits per heavy atom. The Kier molecular flexibility index (Phi) is 5.50. The zero-order valence-corrected chi connectivity index (χ0v) is 14.6. The van der Waals surface area contributed by atoms with Gasteiger partial charge in [-0.1, -0.05) is 25.5 Å². The fraction of sp³-hybridized carbons (Fsp3) is 0.364. The normalized spacial score (nSPS) is 19.8. The van der Waals surface area contributed by atoms with E-state index in [1.54, 1.807) is 24.3 Å². The van der Waals surface area contributed by atoms with Gasteiger partial charge in [-0.05, 0) is 79.5 Å². The molecule has 25 heavy (non-hydrogen) atoms. The second-order valence-corrected chi connectivity index (χ2v) is 6.77. The molecule has 1 fully saturated rings. The molecule has 128 valence electrons. The van der Waals surface area contributed by atoms with E-state index >= 15 is 0 Å². The van der Waals surface area contributed by atoms with Crippen LogP contribution in [0.15, 0.2) is 48.5 Å². The summed E-state index contributed by atoms with van der Waals surface area (Å²) in [5.74, 6) is 1.58. The molecule has 0 unspecified atom stereocenters. The number of nitriles is 1. The van der Waals surface area contributed by atoms with Crippen molar-refractivity contribution in [1.82, 2.24) is 0 Å². The van der Waals surface area contributed by atoms with Gasteiger partial charge in [-0.2, -0.15) is 5.26 Å². The maximum absolute atomic E-state index is 12.3. The van der Waals surface area contributed by atoms with Crippen LogP contribution in [0.4, 0.5) is 0 Å². The van der Waals surface area contributed by atoms with Gasteiger partial charge in [0.25, 0.3) is 0 Å². The van der Waals surface area contributed by atoms with E-state index in [0.29, 0.717) is 22.8 Å². The SMILES string of the molecule is CC[C@H]1CC[C@H](c2ccc(C(=O)Oc3ccc(C#N)cc3)cc2)CC1. The van der Waals surface area contributed by atoms with Crippen molar-refractivity contribution >= 4 is 5.97 Å². The molecule has 0 spiro atoms. The minimum Gasteiger partial charge on any atom is -0.423 e. The van der Waals surface area contributed by atoms with Crippen molar-refractivity contribution in [1.29, 1.82) is 5.26 Å². The Hall–Kier alpha value is -2.60. The van der Waals surface area contributed by atoms with Crippen LogP contribution >= 0.6 is 0 Å². The van der Waals surface area contributed by atoms with Gasteiger partial charge in [0.05, 0.1) is 17.2 Å². The second kappa shape index (κ2) is 7.98. The van der Waals surface area contributed by atoms with Gasteiger partial charge in [-0.3, -0.25) is 0 Å². The molecule has 0 radical (unpaired) electrons. The van der Waals surface area contributed by atoms with E-state index in [0.717, 1.165) is 5.92 Å². The minimum atomic E-state index is -0.369. The van der Waals surface area contributed by atoms with Gasteiger partial charge in [0.2, 0.25) is 0 Å². The van der Waals surface area contributed by atoms with E-state index in [4.69, 9.17) is 10.00 Å². The Morgan fingerprint density at radius 1 is 1.04 bits per heavy atom. The molecule has 0 aromatic heterocycles. The Labute approximate surface area is 149 Å². The van der Waals surface area contributed by atoms with Gasteiger partial charge < -0.3 is 4.74 Å². The number of esters is 1. The van der Waals surface area contributed by atoms with Crippen molar-refractivity contribution in [3.8, 4) is 11.8 Å². The zero-order valence-electron chi connectivity index (χ0n) is 14.6. The van der Waals surface area contributed by atoms with Crippen LogP contribution in [-0.4, -0.2) is 5.97 Å². The van der Waals surface area contributed by atoms with Crippen molar-refractivity contribution in [2.45, 2.75) is 44.9 Å². The molecule has 0 bridgehead atoms. The summed E-state index contributed by atoms with van der Waals surface area (Å²) in [5, 5.41) is 8.79. The fourth-order valence-corrected chi connectivity index (χ4v) is 3.56. The smallest absolute Gasteiger partial charge is 0.343 e. The average Bonchev–Trinajstić information content (AvgIpc) is 2.69. The largest absolute Gasteiger partial charge is 0.423 e. The van der Waals surface area contributed by atoms with Crippen LogP contribution in [0.1, 0.15) is 66.4 Å². The predicted octanol–water partition coefficient (Wildman–Crippen LogP) is 5.46. The first-order chi connectivity index (χ1) is 12.2. The quantitative estimate of drug-likeness (QED) is 0.551. The molecular formula is C22H23NO2. The van der Waals surface area contributed by atoms with Gasteiger partial charge in [0.15, 0.2) is 0 Å². The maximum atomic E-state index is 12.3. The summed E-state index contributed by atoms with van der Waals surface area (Å²) >= 11 is 0. The monoisotopic (exact) mass is 333 g/mol. The molecule has 1 aliphatic carbocycles. The lowest BCUT2D eigenvalue weighted by molar-refractivity contribution is 0.0734. The zero-order chi connectivity index (χ0) is 17.6. The maximum Gasteiger partial charge on any atom is 0.343 e. The number of benzene rings is 2. The standard InChI is InChI=1S/C22H23NO2/c1-2-16-3-7-18(8-4-16)19-9-11-20(12-10-19)22(24)25-21-13-5-17(15-23)6-14-21/h5-6,9-14,16,18H,2-4,7-8H2,1H3/t16-,18-. The van der Waals surface area contributed by atoms with E-state index in [-0.39, 0.29) is 5.97 Å². The molecule has 0 heterocycles. The van der Waals surface area contributed by atoms with Crippen LogP contribution < -0.4 is 4.74 Å². The third-order valence-corrected chi connectivity index (χ3v) is 5.24. The summed E-state index contributed by atoms with van der Waals surface area (Å²) in [4.78, 5) is 12.3. The minimum absolute atomic E-state index is 0.369. The first-order valence-electron chi connectivity index (χ1n) is 9.02. The lowest BCUT2D eigenvalue weighted by atomic mass is 9.78. The van der Waals surface area contributed by atoms with E-state index in [1.165, 1.54) is 37.7 Å². The molecule has 3 rings (SSSR count). The van der Waals surface area contributed by atoms with Crippen LogP contribution in [0.3, 0.4) is 0 Å². The average molecular weight is 333 g/mol. The topological polar surface area (TPSA) is 50.1 Å². The van der Waals surface area contributed by atoms with Crippen molar-refractivity contribution in [3.63, 3.8) is 0 Å². The van der Waals surface area contributed by atoms with Crippen LogP contribution in [0.25, 0.3) is 0 Å². The number of rotatable bonds is 4. The van der Waals surface area contributed by atoms with Gasteiger partial charge in [-0.15, -0.1) is 0 Å². The Bertz CT molecular complexity index is 748. The van der Waals surface area contributed by atoms with Crippen LogP contribution in [0.5, 0.6) is 5.75 Å². The summed E-state index contributed by atoms with van der Waals surface area (Å²) in [6.45, 7) is 2.28. The van der Waals surface area contributed by atoms with E-state index < -0.39 is 0 Å². The molecule has 0 amide bonds. The lowest BCUT2D eigenvalue weighted by Crippen LogP contribution is -2.13. The van der Waals surface area contributed by atoms with Crippen molar-refractivity contribution in [2.75, 3.05) is 0 Å². The molecule has 1 aliphatic rings. The molecule has 2 aromatic carbocycles. The fourth-order valence-electron chi connectivity index (χ4n) is 3.56. The highest BCUT2D eigenvalue weighted by Gasteiger charge is 2.21. The van der Waals surface area contributed by atoms with Gasteiger partial charge in [-0.25, -0.2) is 4.79 Å². The summed E-state index contributed by atoms with van der Waals surface area (Å²) in [6.07, 6.45) is 6.39. The van der Waals surface area contributed by atoms with Gasteiger partial charge >= 0.3 is 5.97 Å². The summed E-state index contributed by atoms with van der Waals surface area (Å²) in [5.41, 5.74) is 2.42. The number of carbonyl (C=O) groups excluding carboxylic acids is 1. The molecule has 0 aliphatic heterocycles. The molecule has 3 nitrogen and oxygen atoms in total.